The number of aliphatic hydroxyl groups is 1. The molecule has 2 aromatic rings. The summed E-state index contributed by atoms with van der Waals surface area (Å²) in [5.74, 6) is 1.03. The van der Waals surface area contributed by atoms with E-state index in [-0.39, 0.29) is 6.10 Å². The first kappa shape index (κ1) is 12.3. The summed E-state index contributed by atoms with van der Waals surface area (Å²) in [7, 11) is 0. The number of aliphatic hydroxyl groups excluding tert-OH is 1. The molecule has 0 spiro atoms. The van der Waals surface area contributed by atoms with Crippen LogP contribution in [0.5, 0.6) is 0 Å². The maximum Gasteiger partial charge on any atom is 0.0691 e. The number of nitrogens with zero attached hydrogens (tertiary/aromatic N) is 1. The molecule has 1 atom stereocenters. The van der Waals surface area contributed by atoms with Gasteiger partial charge in [0.15, 0.2) is 0 Å². The van der Waals surface area contributed by atoms with Gasteiger partial charge in [0, 0.05) is 28.7 Å². The Hall–Kier alpha value is -1.13. The first-order valence-electron chi connectivity index (χ1n) is 5.81. The predicted octanol–water partition coefficient (Wildman–Crippen LogP) is 2.72. The second-order valence-corrected chi connectivity index (χ2v) is 5.51. The van der Waals surface area contributed by atoms with Gasteiger partial charge in [-0.15, -0.1) is 11.8 Å². The van der Waals surface area contributed by atoms with Gasteiger partial charge in [-0.1, -0.05) is 6.92 Å². The van der Waals surface area contributed by atoms with Crippen LogP contribution in [0.2, 0.25) is 0 Å². The average Bonchev–Trinajstić information content (AvgIpc) is 2.61. The Morgan fingerprint density at radius 1 is 1.47 bits per heavy atom. The molecule has 0 aliphatic heterocycles. The molecular formula is C13H18N2OS. The highest BCUT2D eigenvalue weighted by Crippen LogP contribution is 2.31. The van der Waals surface area contributed by atoms with Crippen molar-refractivity contribution in [3.63, 3.8) is 0 Å². The highest BCUT2D eigenvalue weighted by molar-refractivity contribution is 7.99. The maximum atomic E-state index is 9.47. The molecule has 3 nitrogen and oxygen atoms in total. The number of anilines is 1. The number of nitrogen functional groups attached to an aromatic ring is 1. The number of fused-ring (bicyclic) bond motifs is 1. The molecule has 0 radical (unpaired) electrons. The lowest BCUT2D eigenvalue weighted by molar-refractivity contribution is 0.175. The van der Waals surface area contributed by atoms with E-state index in [9.17, 15) is 5.11 Å². The lowest BCUT2D eigenvalue weighted by Gasteiger charge is -2.09. The van der Waals surface area contributed by atoms with E-state index in [4.69, 9.17) is 5.73 Å². The number of nitrogens with two attached hydrogens (primary N) is 1. The van der Waals surface area contributed by atoms with E-state index in [1.54, 1.807) is 18.7 Å². The molecule has 0 amide bonds. The molecule has 1 unspecified atom stereocenters. The van der Waals surface area contributed by atoms with Crippen LogP contribution < -0.4 is 5.73 Å². The van der Waals surface area contributed by atoms with Gasteiger partial charge in [0.05, 0.1) is 11.6 Å². The number of aromatic nitrogens is 1. The molecule has 0 saturated heterocycles. The first-order chi connectivity index (χ1) is 8.11. The number of thioether (sulfide) groups is 1. The SMILES string of the molecule is CCSc1cc(N)cc2c1ccn2CC(C)O. The van der Waals surface area contributed by atoms with Crippen molar-refractivity contribution in [2.45, 2.75) is 31.4 Å². The van der Waals surface area contributed by atoms with Gasteiger partial charge in [-0.25, -0.2) is 0 Å². The highest BCUT2D eigenvalue weighted by atomic mass is 32.2. The standard InChI is InChI=1S/C13H18N2OS/c1-3-17-13-7-10(14)6-12-11(13)4-5-15(12)8-9(2)16/h4-7,9,16H,3,8,14H2,1-2H3. The van der Waals surface area contributed by atoms with Crippen molar-refractivity contribution >= 4 is 28.4 Å². The van der Waals surface area contributed by atoms with E-state index < -0.39 is 0 Å². The number of hydrogen-bond donors (Lipinski definition) is 2. The molecule has 17 heavy (non-hydrogen) atoms. The third-order valence-corrected chi connectivity index (χ3v) is 3.57. The number of rotatable bonds is 4. The molecule has 0 aliphatic rings. The summed E-state index contributed by atoms with van der Waals surface area (Å²) in [6.07, 6.45) is 1.66. The van der Waals surface area contributed by atoms with Crippen LogP contribution in [-0.2, 0) is 6.54 Å². The van der Waals surface area contributed by atoms with E-state index >= 15 is 0 Å². The van der Waals surface area contributed by atoms with Crippen LogP contribution in [0.15, 0.2) is 29.3 Å². The van der Waals surface area contributed by atoms with Gasteiger partial charge in [0.25, 0.3) is 0 Å². The maximum absolute atomic E-state index is 9.47. The van der Waals surface area contributed by atoms with Gasteiger partial charge in [0.2, 0.25) is 0 Å². The number of hydrogen-bond acceptors (Lipinski definition) is 3. The molecule has 0 aliphatic carbocycles. The average molecular weight is 250 g/mol. The fourth-order valence-electron chi connectivity index (χ4n) is 2.00. The Balaban J connectivity index is 2.52. The Morgan fingerprint density at radius 2 is 2.24 bits per heavy atom. The van der Waals surface area contributed by atoms with Crippen molar-refractivity contribution in [1.29, 1.82) is 0 Å². The van der Waals surface area contributed by atoms with Crippen LogP contribution in [0.3, 0.4) is 0 Å². The molecular weight excluding hydrogens is 232 g/mol. The molecule has 4 heteroatoms. The van der Waals surface area contributed by atoms with E-state index in [0.29, 0.717) is 6.54 Å². The Bertz CT molecular complexity index is 519. The smallest absolute Gasteiger partial charge is 0.0691 e. The van der Waals surface area contributed by atoms with Crippen molar-refractivity contribution in [2.75, 3.05) is 11.5 Å². The minimum absolute atomic E-state index is 0.352. The summed E-state index contributed by atoms with van der Waals surface area (Å²) >= 11 is 1.80. The van der Waals surface area contributed by atoms with Crippen LogP contribution in [0.25, 0.3) is 10.9 Å². The fourth-order valence-corrected chi connectivity index (χ4v) is 2.86. The van der Waals surface area contributed by atoms with Gasteiger partial charge in [-0.3, -0.25) is 0 Å². The van der Waals surface area contributed by atoms with Crippen molar-refractivity contribution in [3.8, 4) is 0 Å². The lowest BCUT2D eigenvalue weighted by atomic mass is 10.2. The molecule has 0 bridgehead atoms. The minimum atomic E-state index is -0.352. The second-order valence-electron chi connectivity index (χ2n) is 4.20. The van der Waals surface area contributed by atoms with Gasteiger partial charge >= 0.3 is 0 Å². The van der Waals surface area contributed by atoms with Crippen LogP contribution in [-0.4, -0.2) is 21.5 Å². The Kier molecular flexibility index (Phi) is 3.64. The summed E-state index contributed by atoms with van der Waals surface area (Å²) in [4.78, 5) is 1.21. The van der Waals surface area contributed by atoms with Crippen LogP contribution in [0.1, 0.15) is 13.8 Å². The molecule has 0 fully saturated rings. The molecule has 2 rings (SSSR count). The summed E-state index contributed by atoms with van der Waals surface area (Å²) in [6, 6.07) is 6.08. The third-order valence-electron chi connectivity index (χ3n) is 2.63. The molecule has 92 valence electrons. The van der Waals surface area contributed by atoms with Crippen LogP contribution in [0, 0.1) is 0 Å². The van der Waals surface area contributed by atoms with E-state index in [1.807, 2.05) is 18.3 Å². The lowest BCUT2D eigenvalue weighted by Crippen LogP contribution is -2.10. The van der Waals surface area contributed by atoms with Crippen LogP contribution >= 0.6 is 11.8 Å². The third kappa shape index (κ3) is 2.58. The van der Waals surface area contributed by atoms with E-state index in [2.05, 4.69) is 17.6 Å². The quantitative estimate of drug-likeness (QED) is 0.648. The summed E-state index contributed by atoms with van der Waals surface area (Å²) in [5, 5.41) is 10.7. The Morgan fingerprint density at radius 3 is 2.88 bits per heavy atom. The zero-order chi connectivity index (χ0) is 12.4. The largest absolute Gasteiger partial charge is 0.399 e. The fraction of sp³-hybridized carbons (Fsp3) is 0.385. The van der Waals surface area contributed by atoms with Gasteiger partial charge in [0.1, 0.15) is 0 Å². The van der Waals surface area contributed by atoms with Gasteiger partial charge < -0.3 is 15.4 Å². The number of benzene rings is 1. The summed E-state index contributed by atoms with van der Waals surface area (Å²) in [5.41, 5.74) is 7.80. The zero-order valence-corrected chi connectivity index (χ0v) is 11.0. The summed E-state index contributed by atoms with van der Waals surface area (Å²) in [6.45, 7) is 4.52. The molecule has 1 heterocycles. The van der Waals surface area contributed by atoms with Crippen molar-refractivity contribution in [3.05, 3.63) is 24.4 Å². The molecule has 0 saturated carbocycles. The molecule has 1 aromatic heterocycles. The van der Waals surface area contributed by atoms with Gasteiger partial charge in [-0.05, 0) is 30.9 Å². The minimum Gasteiger partial charge on any atom is -0.399 e. The van der Waals surface area contributed by atoms with Crippen LogP contribution in [0.4, 0.5) is 5.69 Å². The normalized spacial score (nSPS) is 13.1. The van der Waals surface area contributed by atoms with Crippen molar-refractivity contribution in [1.82, 2.24) is 4.57 Å². The Labute approximate surface area is 106 Å². The zero-order valence-electron chi connectivity index (χ0n) is 10.2. The molecule has 1 aromatic carbocycles. The van der Waals surface area contributed by atoms with Crippen molar-refractivity contribution < 1.29 is 5.11 Å². The molecule has 3 N–H and O–H groups in total. The van der Waals surface area contributed by atoms with Crippen molar-refractivity contribution in [2.24, 2.45) is 0 Å². The van der Waals surface area contributed by atoms with E-state index in [1.165, 1.54) is 10.3 Å². The van der Waals surface area contributed by atoms with E-state index in [0.717, 1.165) is 17.0 Å². The topological polar surface area (TPSA) is 51.2 Å². The first-order valence-corrected chi connectivity index (χ1v) is 6.79. The monoisotopic (exact) mass is 250 g/mol. The van der Waals surface area contributed by atoms with Gasteiger partial charge in [-0.2, -0.15) is 0 Å². The summed E-state index contributed by atoms with van der Waals surface area (Å²) < 4.78 is 2.05. The second kappa shape index (κ2) is 5.02. The highest BCUT2D eigenvalue weighted by Gasteiger charge is 2.08. The predicted molar refractivity (Wildman–Crippen MR) is 74.4 cm³/mol.